The van der Waals surface area contributed by atoms with E-state index in [1.165, 1.54) is 0 Å². The van der Waals surface area contributed by atoms with Gasteiger partial charge in [-0.25, -0.2) is 0 Å². The van der Waals surface area contributed by atoms with Crippen molar-refractivity contribution in [2.75, 3.05) is 6.61 Å². The molecule has 5 atom stereocenters. The summed E-state index contributed by atoms with van der Waals surface area (Å²) in [6.07, 6.45) is -1.37. The fourth-order valence-corrected chi connectivity index (χ4v) is 1.97. The second-order valence-corrected chi connectivity index (χ2v) is 5.44. The number of nitrogens with two attached hydrogens (primary N) is 2. The fraction of sp³-hybridized carbons (Fsp3) is 0.857. The van der Waals surface area contributed by atoms with Gasteiger partial charge in [-0.2, -0.15) is 0 Å². The first-order chi connectivity index (χ1) is 10.3. The van der Waals surface area contributed by atoms with Crippen molar-refractivity contribution in [3.8, 4) is 0 Å². The van der Waals surface area contributed by atoms with E-state index in [1.54, 1.807) is 0 Å². The summed E-state index contributed by atoms with van der Waals surface area (Å²) < 4.78 is 0. The Hall–Kier alpha value is -0.900. The molecule has 8 heteroatoms. The molecule has 0 aliphatic carbocycles. The number of hydrogen-bond donors (Lipinski definition) is 6. The summed E-state index contributed by atoms with van der Waals surface area (Å²) in [5.74, 6) is -2.01. The Morgan fingerprint density at radius 2 is 1.55 bits per heavy atom. The summed E-state index contributed by atoms with van der Waals surface area (Å²) in [6.45, 7) is 1.23. The normalized spacial score (nSPS) is 18.3. The van der Waals surface area contributed by atoms with E-state index in [4.69, 9.17) is 16.6 Å². The Balaban J connectivity index is 4.50. The number of aliphatic hydroxyl groups excluding tert-OH is 4. The average Bonchev–Trinajstić information content (AvgIpc) is 2.54. The number of hydrogen-bond acceptors (Lipinski definition) is 8. The lowest BCUT2D eigenvalue weighted by atomic mass is 9.93. The van der Waals surface area contributed by atoms with Gasteiger partial charge >= 0.3 is 0 Å². The van der Waals surface area contributed by atoms with Crippen LogP contribution in [0.3, 0.4) is 0 Å². The number of Topliss-reactive ketones (excluding diaryl/α,β-unsaturated/α-hetero) is 2. The van der Waals surface area contributed by atoms with Crippen LogP contribution in [0, 0.1) is 0 Å². The van der Waals surface area contributed by atoms with Gasteiger partial charge in [0, 0.05) is 0 Å². The summed E-state index contributed by atoms with van der Waals surface area (Å²) in [7, 11) is 0. The van der Waals surface area contributed by atoms with Gasteiger partial charge in [0.05, 0.1) is 12.6 Å². The zero-order chi connectivity index (χ0) is 17.3. The average molecular weight is 320 g/mol. The van der Waals surface area contributed by atoms with Gasteiger partial charge in [-0.3, -0.25) is 9.59 Å². The molecule has 0 aromatic heterocycles. The topological polar surface area (TPSA) is 167 Å². The van der Waals surface area contributed by atoms with Crippen LogP contribution in [0.25, 0.3) is 0 Å². The van der Waals surface area contributed by atoms with E-state index in [0.29, 0.717) is 12.8 Å². The number of ketones is 2. The second-order valence-electron chi connectivity index (χ2n) is 5.44. The lowest BCUT2D eigenvalue weighted by Gasteiger charge is -2.25. The van der Waals surface area contributed by atoms with Crippen LogP contribution in [0.1, 0.15) is 39.0 Å². The minimum atomic E-state index is -1.87. The molecule has 0 aromatic rings. The number of aliphatic hydroxyl groups is 4. The molecule has 0 bridgehead atoms. The summed E-state index contributed by atoms with van der Waals surface area (Å²) in [4.78, 5) is 23.7. The van der Waals surface area contributed by atoms with Gasteiger partial charge in [-0.05, 0) is 6.42 Å². The largest absolute Gasteiger partial charge is 0.394 e. The van der Waals surface area contributed by atoms with Crippen molar-refractivity contribution in [2.45, 2.75) is 69.4 Å². The van der Waals surface area contributed by atoms with Crippen molar-refractivity contribution < 1.29 is 30.0 Å². The maximum Gasteiger partial charge on any atom is 0.219 e. The first-order valence-electron chi connectivity index (χ1n) is 7.52. The summed E-state index contributed by atoms with van der Waals surface area (Å²) in [5.41, 5.74) is 11.1. The number of unbranched alkanes of at least 4 members (excludes halogenated alkanes) is 3. The van der Waals surface area contributed by atoms with E-state index < -0.39 is 48.6 Å². The molecule has 0 aliphatic rings. The standard InChI is InChI=1S/C14H28N2O6/c1-2-3-4-5-6-8(15)11(19)13(21)10(16)14(22)12(20)9(18)7-17/h8-10,12,14,17-18,20,22H,2-7,15-16H2,1H3/t8?,9-,10+,12+,14-/m1/s1. The zero-order valence-corrected chi connectivity index (χ0v) is 12.9. The van der Waals surface area contributed by atoms with Gasteiger partial charge < -0.3 is 31.9 Å². The molecule has 0 amide bonds. The van der Waals surface area contributed by atoms with Gasteiger partial charge in [0.2, 0.25) is 11.6 Å². The van der Waals surface area contributed by atoms with Crippen LogP contribution in [0.4, 0.5) is 0 Å². The van der Waals surface area contributed by atoms with E-state index >= 15 is 0 Å². The fourth-order valence-electron chi connectivity index (χ4n) is 1.97. The molecule has 0 aliphatic heterocycles. The van der Waals surface area contributed by atoms with Crippen LogP contribution in [-0.2, 0) is 9.59 Å². The van der Waals surface area contributed by atoms with Crippen LogP contribution < -0.4 is 11.5 Å². The lowest BCUT2D eigenvalue weighted by molar-refractivity contribution is -0.142. The van der Waals surface area contributed by atoms with Gasteiger partial charge in [-0.15, -0.1) is 0 Å². The molecule has 0 fully saturated rings. The Bertz CT molecular complexity index is 352. The van der Waals surface area contributed by atoms with Crippen LogP contribution in [-0.4, -0.2) is 69.0 Å². The van der Waals surface area contributed by atoms with Gasteiger partial charge in [0.1, 0.15) is 24.4 Å². The van der Waals surface area contributed by atoms with Gasteiger partial charge in [0.25, 0.3) is 0 Å². The van der Waals surface area contributed by atoms with Crippen molar-refractivity contribution >= 4 is 11.6 Å². The molecule has 0 rings (SSSR count). The third-order valence-corrected chi connectivity index (χ3v) is 3.55. The summed E-state index contributed by atoms with van der Waals surface area (Å²) in [6, 6.07) is -2.70. The van der Waals surface area contributed by atoms with Crippen LogP contribution in [0.5, 0.6) is 0 Å². The summed E-state index contributed by atoms with van der Waals surface area (Å²) in [5, 5.41) is 37.1. The molecule has 1 unspecified atom stereocenters. The highest BCUT2D eigenvalue weighted by atomic mass is 16.4. The molecule has 0 saturated heterocycles. The van der Waals surface area contributed by atoms with Crippen molar-refractivity contribution in [3.63, 3.8) is 0 Å². The molecule has 0 heterocycles. The predicted molar refractivity (Wildman–Crippen MR) is 79.8 cm³/mol. The van der Waals surface area contributed by atoms with Gasteiger partial charge in [-0.1, -0.05) is 32.6 Å². The number of rotatable bonds is 12. The minimum Gasteiger partial charge on any atom is -0.394 e. The molecule has 130 valence electrons. The molecular weight excluding hydrogens is 292 g/mol. The van der Waals surface area contributed by atoms with Crippen molar-refractivity contribution in [1.29, 1.82) is 0 Å². The minimum absolute atomic E-state index is 0.342. The maximum absolute atomic E-state index is 11.9. The van der Waals surface area contributed by atoms with Crippen LogP contribution in [0.15, 0.2) is 0 Å². The Morgan fingerprint density at radius 3 is 2.05 bits per heavy atom. The summed E-state index contributed by atoms with van der Waals surface area (Å²) >= 11 is 0. The first kappa shape index (κ1) is 21.1. The van der Waals surface area contributed by atoms with Crippen LogP contribution >= 0.6 is 0 Å². The Kier molecular flexibility index (Phi) is 10.3. The highest BCUT2D eigenvalue weighted by molar-refractivity contribution is 6.41. The zero-order valence-electron chi connectivity index (χ0n) is 12.9. The number of carbonyl (C=O) groups is 2. The third kappa shape index (κ3) is 6.47. The molecular formula is C14H28N2O6. The predicted octanol–water partition coefficient (Wildman–Crippen LogP) is -2.18. The van der Waals surface area contributed by atoms with E-state index in [1.807, 2.05) is 6.92 Å². The van der Waals surface area contributed by atoms with E-state index in [2.05, 4.69) is 0 Å². The molecule has 0 saturated carbocycles. The quantitative estimate of drug-likeness (QED) is 0.174. The molecule has 22 heavy (non-hydrogen) atoms. The Morgan fingerprint density at radius 1 is 0.955 bits per heavy atom. The second kappa shape index (κ2) is 10.8. The molecule has 0 aromatic carbocycles. The van der Waals surface area contributed by atoms with Crippen molar-refractivity contribution in [2.24, 2.45) is 11.5 Å². The molecule has 0 spiro atoms. The maximum atomic E-state index is 11.9. The van der Waals surface area contributed by atoms with Crippen molar-refractivity contribution in [1.82, 2.24) is 0 Å². The third-order valence-electron chi connectivity index (χ3n) is 3.55. The smallest absolute Gasteiger partial charge is 0.219 e. The van der Waals surface area contributed by atoms with E-state index in [-0.39, 0.29) is 0 Å². The highest BCUT2D eigenvalue weighted by Gasteiger charge is 2.36. The van der Waals surface area contributed by atoms with Crippen molar-refractivity contribution in [3.05, 3.63) is 0 Å². The van der Waals surface area contributed by atoms with Gasteiger partial charge in [0.15, 0.2) is 0 Å². The molecule has 8 N–H and O–H groups in total. The molecule has 8 nitrogen and oxygen atoms in total. The monoisotopic (exact) mass is 320 g/mol. The first-order valence-corrected chi connectivity index (χ1v) is 7.52. The van der Waals surface area contributed by atoms with Crippen LogP contribution in [0.2, 0.25) is 0 Å². The lowest BCUT2D eigenvalue weighted by Crippen LogP contribution is -2.56. The molecule has 0 radical (unpaired) electrons. The van der Waals surface area contributed by atoms with E-state index in [9.17, 15) is 24.9 Å². The van der Waals surface area contributed by atoms with E-state index in [0.717, 1.165) is 19.3 Å². The highest BCUT2D eigenvalue weighted by Crippen LogP contribution is 2.09. The SMILES string of the molecule is CCCCCCC(N)C(=O)C(=O)[C@H](N)[C@@H](O)[C@@H](O)[C@H](O)CO. The Labute approximate surface area is 130 Å². The number of carbonyl (C=O) groups excluding carboxylic acids is 2.